The highest BCUT2D eigenvalue weighted by Gasteiger charge is 2.45. The van der Waals surface area contributed by atoms with Crippen LogP contribution in [-0.2, 0) is 14.8 Å². The SMILES string of the molecule is Cc1ccccc1[C@@H]1C[C@H]1C(=O)NS(=O)(=O)c1cc(Cl)sc1Cl. The lowest BCUT2D eigenvalue weighted by Crippen LogP contribution is -2.32. The predicted molar refractivity (Wildman–Crippen MR) is 91.7 cm³/mol. The molecule has 122 valence electrons. The van der Waals surface area contributed by atoms with Crippen molar-refractivity contribution in [3.63, 3.8) is 0 Å². The standard InChI is InChI=1S/C15H13Cl2NO3S2/c1-8-4-2-3-5-9(8)10-6-11(10)15(19)18-23(20,21)12-7-13(16)22-14(12)17/h2-5,7,10-11H,6H2,1H3,(H,18,19)/t10-,11+/m0/s1. The second-order valence-electron chi connectivity index (χ2n) is 5.46. The van der Waals surface area contributed by atoms with Crippen LogP contribution in [0.25, 0.3) is 0 Å². The molecule has 1 aliphatic carbocycles. The zero-order valence-corrected chi connectivity index (χ0v) is 15.2. The summed E-state index contributed by atoms with van der Waals surface area (Å²) in [5, 5.41) is 0. The number of carbonyl (C=O) groups excluding carboxylic acids is 1. The van der Waals surface area contributed by atoms with E-state index in [-0.39, 0.29) is 25.4 Å². The summed E-state index contributed by atoms with van der Waals surface area (Å²) < 4.78 is 26.9. The van der Waals surface area contributed by atoms with Gasteiger partial charge < -0.3 is 0 Å². The topological polar surface area (TPSA) is 63.2 Å². The van der Waals surface area contributed by atoms with Crippen LogP contribution >= 0.6 is 34.5 Å². The Morgan fingerprint density at radius 2 is 2.00 bits per heavy atom. The van der Waals surface area contributed by atoms with Crippen molar-refractivity contribution >= 4 is 50.5 Å². The molecule has 1 amide bonds. The molecule has 1 aliphatic rings. The fourth-order valence-electron chi connectivity index (χ4n) is 2.60. The van der Waals surface area contributed by atoms with Crippen molar-refractivity contribution in [2.75, 3.05) is 0 Å². The summed E-state index contributed by atoms with van der Waals surface area (Å²) in [5.74, 6) is -0.775. The van der Waals surface area contributed by atoms with Crippen LogP contribution in [0.1, 0.15) is 23.5 Å². The molecule has 1 saturated carbocycles. The minimum Gasteiger partial charge on any atom is -0.274 e. The van der Waals surface area contributed by atoms with E-state index < -0.39 is 15.9 Å². The molecule has 8 heteroatoms. The molecule has 1 aromatic carbocycles. The fraction of sp³-hybridized carbons (Fsp3) is 0.267. The average molecular weight is 390 g/mol. The first-order valence-corrected chi connectivity index (χ1v) is 9.92. The number of hydrogen-bond acceptors (Lipinski definition) is 4. The van der Waals surface area contributed by atoms with Crippen LogP contribution < -0.4 is 4.72 Å². The van der Waals surface area contributed by atoms with Crippen molar-refractivity contribution in [2.45, 2.75) is 24.2 Å². The van der Waals surface area contributed by atoms with Gasteiger partial charge in [0.15, 0.2) is 0 Å². The van der Waals surface area contributed by atoms with Crippen LogP contribution in [0, 0.1) is 12.8 Å². The number of carbonyl (C=O) groups is 1. The maximum atomic E-state index is 12.3. The van der Waals surface area contributed by atoms with Gasteiger partial charge in [0, 0.05) is 5.92 Å². The lowest BCUT2D eigenvalue weighted by Gasteiger charge is -2.07. The molecule has 1 heterocycles. The summed E-state index contributed by atoms with van der Waals surface area (Å²) in [6, 6.07) is 9.04. The Hall–Kier alpha value is -1.08. The van der Waals surface area contributed by atoms with Crippen LogP contribution in [0.2, 0.25) is 8.67 Å². The van der Waals surface area contributed by atoms with Crippen LogP contribution in [0.4, 0.5) is 0 Å². The third-order valence-electron chi connectivity index (χ3n) is 3.87. The molecular formula is C15H13Cl2NO3S2. The highest BCUT2D eigenvalue weighted by molar-refractivity contribution is 7.90. The number of thiophene rings is 1. The van der Waals surface area contributed by atoms with Gasteiger partial charge in [0.05, 0.1) is 4.34 Å². The van der Waals surface area contributed by atoms with E-state index in [4.69, 9.17) is 23.2 Å². The Balaban J connectivity index is 1.74. The maximum Gasteiger partial charge on any atom is 0.266 e. The first kappa shape index (κ1) is 16.8. The molecule has 0 radical (unpaired) electrons. The van der Waals surface area contributed by atoms with Crippen molar-refractivity contribution in [1.29, 1.82) is 0 Å². The van der Waals surface area contributed by atoms with Crippen molar-refractivity contribution in [3.05, 3.63) is 50.1 Å². The number of sulfonamides is 1. The second kappa shape index (κ2) is 6.09. The number of rotatable bonds is 4. The van der Waals surface area contributed by atoms with Gasteiger partial charge in [0.2, 0.25) is 5.91 Å². The third-order valence-corrected chi connectivity index (χ3v) is 6.96. The first-order valence-electron chi connectivity index (χ1n) is 6.86. The minimum absolute atomic E-state index is 0.0431. The third kappa shape index (κ3) is 3.40. The molecule has 2 atom stereocenters. The average Bonchev–Trinajstić information content (AvgIpc) is 3.17. The Morgan fingerprint density at radius 3 is 2.61 bits per heavy atom. The Labute approximate surface area is 148 Å². The van der Waals surface area contributed by atoms with E-state index in [1.54, 1.807) is 0 Å². The van der Waals surface area contributed by atoms with Gasteiger partial charge in [-0.2, -0.15) is 0 Å². The molecule has 0 unspecified atom stereocenters. The zero-order valence-electron chi connectivity index (χ0n) is 12.0. The van der Waals surface area contributed by atoms with Gasteiger partial charge in [-0.25, -0.2) is 13.1 Å². The summed E-state index contributed by atoms with van der Waals surface area (Å²) in [5.41, 5.74) is 2.19. The number of nitrogens with one attached hydrogen (secondary N) is 1. The number of aryl methyl sites for hydroxylation is 1. The Morgan fingerprint density at radius 1 is 1.30 bits per heavy atom. The van der Waals surface area contributed by atoms with Crippen molar-refractivity contribution in [1.82, 2.24) is 4.72 Å². The van der Waals surface area contributed by atoms with Crippen molar-refractivity contribution < 1.29 is 13.2 Å². The van der Waals surface area contributed by atoms with Gasteiger partial charge >= 0.3 is 0 Å². The van der Waals surface area contributed by atoms with Gasteiger partial charge in [0.25, 0.3) is 10.0 Å². The lowest BCUT2D eigenvalue weighted by atomic mass is 10.0. The van der Waals surface area contributed by atoms with E-state index in [0.29, 0.717) is 6.42 Å². The minimum atomic E-state index is -4.00. The second-order valence-corrected chi connectivity index (χ2v) is 9.40. The fourth-order valence-corrected chi connectivity index (χ4v) is 5.78. The quantitative estimate of drug-likeness (QED) is 0.859. The van der Waals surface area contributed by atoms with Crippen molar-refractivity contribution in [2.24, 2.45) is 5.92 Å². The summed E-state index contributed by atoms with van der Waals surface area (Å²) in [6.45, 7) is 1.98. The summed E-state index contributed by atoms with van der Waals surface area (Å²) in [4.78, 5) is 12.1. The molecule has 1 fully saturated rings. The first-order chi connectivity index (χ1) is 10.8. The smallest absolute Gasteiger partial charge is 0.266 e. The van der Waals surface area contributed by atoms with Gasteiger partial charge in [-0.3, -0.25) is 4.79 Å². The molecule has 0 bridgehead atoms. The van der Waals surface area contributed by atoms with Crippen LogP contribution in [0.5, 0.6) is 0 Å². The number of halogens is 2. The molecule has 4 nitrogen and oxygen atoms in total. The number of hydrogen-bond donors (Lipinski definition) is 1. The van der Waals surface area contributed by atoms with Gasteiger partial charge in [-0.1, -0.05) is 47.5 Å². The Bertz CT molecular complexity index is 877. The molecule has 3 rings (SSSR count). The highest BCUT2D eigenvalue weighted by Crippen LogP contribution is 2.48. The highest BCUT2D eigenvalue weighted by atomic mass is 35.5. The van der Waals surface area contributed by atoms with E-state index in [0.717, 1.165) is 22.5 Å². The predicted octanol–water partition coefficient (Wildman–Crippen LogP) is 3.97. The van der Waals surface area contributed by atoms with E-state index in [2.05, 4.69) is 4.72 Å². The summed E-state index contributed by atoms with van der Waals surface area (Å²) >= 11 is 12.6. The molecule has 1 N–H and O–H groups in total. The Kier molecular flexibility index (Phi) is 4.44. The molecule has 0 saturated heterocycles. The van der Waals surface area contributed by atoms with E-state index >= 15 is 0 Å². The van der Waals surface area contributed by atoms with Crippen LogP contribution in [0.15, 0.2) is 35.2 Å². The van der Waals surface area contributed by atoms with Crippen molar-refractivity contribution in [3.8, 4) is 0 Å². The zero-order chi connectivity index (χ0) is 16.8. The molecule has 23 heavy (non-hydrogen) atoms. The summed E-state index contributed by atoms with van der Waals surface area (Å²) in [6.07, 6.45) is 0.643. The van der Waals surface area contributed by atoms with Crippen LogP contribution in [0.3, 0.4) is 0 Å². The number of benzene rings is 1. The van der Waals surface area contributed by atoms with Gasteiger partial charge in [-0.05, 0) is 36.5 Å². The largest absolute Gasteiger partial charge is 0.274 e. The molecule has 1 aromatic heterocycles. The molecule has 2 aromatic rings. The normalized spacial score (nSPS) is 20.3. The van der Waals surface area contributed by atoms with E-state index in [1.165, 1.54) is 6.07 Å². The summed E-state index contributed by atoms with van der Waals surface area (Å²) in [7, 11) is -4.00. The van der Waals surface area contributed by atoms with Gasteiger partial charge in [-0.15, -0.1) is 11.3 Å². The molecular weight excluding hydrogens is 377 g/mol. The van der Waals surface area contributed by atoms with Gasteiger partial charge in [0.1, 0.15) is 9.23 Å². The monoisotopic (exact) mass is 389 g/mol. The molecule has 0 aliphatic heterocycles. The van der Waals surface area contributed by atoms with E-state index in [9.17, 15) is 13.2 Å². The number of amides is 1. The lowest BCUT2D eigenvalue weighted by molar-refractivity contribution is -0.120. The molecule has 0 spiro atoms. The van der Waals surface area contributed by atoms with Crippen LogP contribution in [-0.4, -0.2) is 14.3 Å². The van der Waals surface area contributed by atoms with E-state index in [1.807, 2.05) is 31.2 Å². The maximum absolute atomic E-state index is 12.3.